The lowest BCUT2D eigenvalue weighted by molar-refractivity contribution is -0.125. The van der Waals surface area contributed by atoms with Crippen molar-refractivity contribution in [1.29, 1.82) is 0 Å². The minimum Gasteiger partial charge on any atom is -0.444 e. The van der Waals surface area contributed by atoms with E-state index in [0.29, 0.717) is 26.3 Å². The Morgan fingerprint density at radius 3 is 2.35 bits per heavy atom. The first-order valence-corrected chi connectivity index (χ1v) is 11.1. The summed E-state index contributed by atoms with van der Waals surface area (Å²) in [5.41, 5.74) is 0.430. The zero-order valence-corrected chi connectivity index (χ0v) is 19.9. The summed E-state index contributed by atoms with van der Waals surface area (Å²) < 4.78 is 10.9. The summed E-state index contributed by atoms with van der Waals surface area (Å²) in [6.07, 6.45) is 1.24. The SMILES string of the molecule is C[C@H](CN(C)C(=O)OC(C)(C)C)C(=O)NCC1(N[C@H](C)c2ccccc2)CCOCC1. The predicted octanol–water partition coefficient (Wildman–Crippen LogP) is 3.51. The number of nitrogens with one attached hydrogen (secondary N) is 2. The van der Waals surface area contributed by atoms with Gasteiger partial charge in [0.2, 0.25) is 5.91 Å². The van der Waals surface area contributed by atoms with Gasteiger partial charge in [0.05, 0.1) is 5.92 Å². The van der Waals surface area contributed by atoms with E-state index in [0.717, 1.165) is 12.8 Å². The number of carbonyl (C=O) groups is 2. The summed E-state index contributed by atoms with van der Waals surface area (Å²) in [5, 5.41) is 6.85. The van der Waals surface area contributed by atoms with Gasteiger partial charge in [-0.05, 0) is 46.1 Å². The number of carbonyl (C=O) groups excluding carboxylic acids is 2. The van der Waals surface area contributed by atoms with Crippen LogP contribution in [0.15, 0.2) is 30.3 Å². The molecule has 1 fully saturated rings. The number of nitrogens with zero attached hydrogens (tertiary/aromatic N) is 1. The maximum atomic E-state index is 12.8. The monoisotopic (exact) mass is 433 g/mol. The molecule has 2 N–H and O–H groups in total. The highest BCUT2D eigenvalue weighted by atomic mass is 16.6. The van der Waals surface area contributed by atoms with Crippen LogP contribution in [-0.4, -0.2) is 61.4 Å². The molecule has 174 valence electrons. The molecule has 2 rings (SSSR count). The third-order valence-corrected chi connectivity index (χ3v) is 5.57. The Labute approximate surface area is 186 Å². The zero-order chi connectivity index (χ0) is 23.1. The molecule has 0 saturated carbocycles. The fraction of sp³-hybridized carbons (Fsp3) is 0.667. The van der Waals surface area contributed by atoms with Gasteiger partial charge in [0.15, 0.2) is 0 Å². The van der Waals surface area contributed by atoms with Crippen LogP contribution >= 0.6 is 0 Å². The topological polar surface area (TPSA) is 79.9 Å². The highest BCUT2D eigenvalue weighted by molar-refractivity contribution is 5.79. The zero-order valence-electron chi connectivity index (χ0n) is 19.9. The van der Waals surface area contributed by atoms with E-state index in [9.17, 15) is 9.59 Å². The van der Waals surface area contributed by atoms with Gasteiger partial charge >= 0.3 is 6.09 Å². The minimum absolute atomic E-state index is 0.0737. The van der Waals surface area contributed by atoms with Gasteiger partial charge in [-0.1, -0.05) is 37.3 Å². The fourth-order valence-electron chi connectivity index (χ4n) is 3.76. The van der Waals surface area contributed by atoms with Crippen molar-refractivity contribution in [2.24, 2.45) is 5.92 Å². The van der Waals surface area contributed by atoms with Gasteiger partial charge in [0.25, 0.3) is 0 Å². The molecule has 7 nitrogen and oxygen atoms in total. The van der Waals surface area contributed by atoms with Gasteiger partial charge in [0.1, 0.15) is 5.60 Å². The van der Waals surface area contributed by atoms with E-state index in [1.54, 1.807) is 7.05 Å². The predicted molar refractivity (Wildman–Crippen MR) is 122 cm³/mol. The van der Waals surface area contributed by atoms with E-state index in [-0.39, 0.29) is 23.4 Å². The number of rotatable bonds is 8. The third kappa shape index (κ3) is 8.15. The Balaban J connectivity index is 1.93. The fourth-order valence-corrected chi connectivity index (χ4v) is 3.76. The average molecular weight is 434 g/mol. The molecule has 1 aromatic rings. The van der Waals surface area contributed by atoms with Gasteiger partial charge < -0.3 is 25.0 Å². The lowest BCUT2D eigenvalue weighted by Crippen LogP contribution is -2.57. The summed E-state index contributed by atoms with van der Waals surface area (Å²) in [6.45, 7) is 11.6. The van der Waals surface area contributed by atoms with E-state index in [4.69, 9.17) is 9.47 Å². The molecule has 1 heterocycles. The quantitative estimate of drug-likeness (QED) is 0.656. The summed E-state index contributed by atoms with van der Waals surface area (Å²) in [5.74, 6) is -0.420. The van der Waals surface area contributed by atoms with Crippen LogP contribution in [0.4, 0.5) is 4.79 Å². The summed E-state index contributed by atoms with van der Waals surface area (Å²) in [6, 6.07) is 10.5. The van der Waals surface area contributed by atoms with Crippen LogP contribution in [0, 0.1) is 5.92 Å². The van der Waals surface area contributed by atoms with Gasteiger partial charge in [-0.25, -0.2) is 4.79 Å². The second kappa shape index (κ2) is 11.0. The maximum Gasteiger partial charge on any atom is 0.410 e. The van der Waals surface area contributed by atoms with E-state index < -0.39 is 11.7 Å². The van der Waals surface area contributed by atoms with Crippen molar-refractivity contribution in [3.05, 3.63) is 35.9 Å². The molecule has 7 heteroatoms. The number of amides is 2. The first-order valence-electron chi connectivity index (χ1n) is 11.1. The normalized spacial score (nSPS) is 18.0. The number of hydrogen-bond acceptors (Lipinski definition) is 5. The van der Waals surface area contributed by atoms with E-state index >= 15 is 0 Å². The van der Waals surface area contributed by atoms with Crippen molar-refractivity contribution >= 4 is 12.0 Å². The number of hydrogen-bond donors (Lipinski definition) is 2. The minimum atomic E-state index is -0.562. The van der Waals surface area contributed by atoms with Crippen LogP contribution < -0.4 is 10.6 Å². The molecule has 2 atom stereocenters. The highest BCUT2D eigenvalue weighted by Gasteiger charge is 2.35. The molecular formula is C24H39N3O4. The molecule has 0 aromatic heterocycles. The number of ether oxygens (including phenoxy) is 2. The Kier molecular flexibility index (Phi) is 8.89. The highest BCUT2D eigenvalue weighted by Crippen LogP contribution is 2.25. The number of benzene rings is 1. The Hall–Kier alpha value is -2.12. The van der Waals surface area contributed by atoms with Gasteiger partial charge in [-0.3, -0.25) is 4.79 Å². The molecule has 1 aliphatic rings. The molecule has 0 unspecified atom stereocenters. The molecule has 2 amide bonds. The van der Waals surface area contributed by atoms with Crippen molar-refractivity contribution in [3.8, 4) is 0 Å². The van der Waals surface area contributed by atoms with E-state index in [1.165, 1.54) is 10.5 Å². The first-order chi connectivity index (χ1) is 14.5. The summed E-state index contributed by atoms with van der Waals surface area (Å²) >= 11 is 0. The van der Waals surface area contributed by atoms with E-state index in [2.05, 4.69) is 29.7 Å². The first kappa shape index (κ1) is 25.1. The molecular weight excluding hydrogens is 394 g/mol. The summed E-state index contributed by atoms with van der Waals surface area (Å²) in [4.78, 5) is 26.4. The van der Waals surface area contributed by atoms with E-state index in [1.807, 2.05) is 45.9 Å². The largest absolute Gasteiger partial charge is 0.444 e. The van der Waals surface area contributed by atoms with Crippen LogP contribution in [0.25, 0.3) is 0 Å². The van der Waals surface area contributed by atoms with Crippen molar-refractivity contribution in [3.63, 3.8) is 0 Å². The third-order valence-electron chi connectivity index (χ3n) is 5.57. The molecule has 1 aromatic carbocycles. The second-order valence-electron chi connectivity index (χ2n) is 9.65. The lowest BCUT2D eigenvalue weighted by atomic mass is 9.88. The molecule has 31 heavy (non-hydrogen) atoms. The molecule has 0 bridgehead atoms. The average Bonchev–Trinajstić information content (AvgIpc) is 2.72. The van der Waals surface area contributed by atoms with Gasteiger partial charge in [-0.15, -0.1) is 0 Å². The van der Waals surface area contributed by atoms with Crippen LogP contribution in [0.2, 0.25) is 0 Å². The van der Waals surface area contributed by atoms with Crippen molar-refractivity contribution in [2.75, 3.05) is 33.4 Å². The molecule has 0 aliphatic carbocycles. The Bertz CT molecular complexity index is 711. The van der Waals surface area contributed by atoms with Gasteiger partial charge in [0, 0.05) is 44.9 Å². The molecule has 1 saturated heterocycles. The van der Waals surface area contributed by atoms with Crippen molar-refractivity contribution in [1.82, 2.24) is 15.5 Å². The maximum absolute atomic E-state index is 12.8. The van der Waals surface area contributed by atoms with Crippen LogP contribution in [-0.2, 0) is 14.3 Å². The Morgan fingerprint density at radius 2 is 1.77 bits per heavy atom. The smallest absolute Gasteiger partial charge is 0.410 e. The summed E-state index contributed by atoms with van der Waals surface area (Å²) in [7, 11) is 1.65. The lowest BCUT2D eigenvalue weighted by Gasteiger charge is -2.41. The van der Waals surface area contributed by atoms with Crippen LogP contribution in [0.5, 0.6) is 0 Å². The Morgan fingerprint density at radius 1 is 1.16 bits per heavy atom. The van der Waals surface area contributed by atoms with Gasteiger partial charge in [-0.2, -0.15) is 0 Å². The molecule has 0 radical (unpaired) electrons. The van der Waals surface area contributed by atoms with Crippen LogP contribution in [0.3, 0.4) is 0 Å². The standard InChI is InChI=1S/C24H39N3O4/c1-18(16-27(6)22(29)31-23(3,4)5)21(28)25-17-24(12-14-30-15-13-24)26-19(2)20-10-8-7-9-11-20/h7-11,18-19,26H,12-17H2,1-6H3,(H,25,28)/t18-,19-/m1/s1. The molecule has 0 spiro atoms. The van der Waals surface area contributed by atoms with Crippen LogP contribution in [0.1, 0.15) is 59.1 Å². The van der Waals surface area contributed by atoms with Crippen molar-refractivity contribution in [2.45, 2.75) is 64.6 Å². The second-order valence-corrected chi connectivity index (χ2v) is 9.65. The van der Waals surface area contributed by atoms with Crippen molar-refractivity contribution < 1.29 is 19.1 Å². The molecule has 1 aliphatic heterocycles.